The minimum absolute atomic E-state index is 0.0604. The van der Waals surface area contributed by atoms with Crippen molar-refractivity contribution in [3.63, 3.8) is 0 Å². The van der Waals surface area contributed by atoms with E-state index in [-0.39, 0.29) is 11.0 Å². The van der Waals surface area contributed by atoms with Gasteiger partial charge in [-0.15, -0.1) is 0 Å². The zero-order valence-corrected chi connectivity index (χ0v) is 16.8. The van der Waals surface area contributed by atoms with Crippen LogP contribution in [0.3, 0.4) is 0 Å². The van der Waals surface area contributed by atoms with Crippen LogP contribution in [0.5, 0.6) is 0 Å². The molecule has 0 saturated carbocycles. The second-order valence-corrected chi connectivity index (χ2v) is 9.68. The molecule has 2 heterocycles. The maximum Gasteiger partial charge on any atom is 0.226 e. The Morgan fingerprint density at radius 3 is 2.64 bits per heavy atom. The van der Waals surface area contributed by atoms with Gasteiger partial charge >= 0.3 is 0 Å². The lowest BCUT2D eigenvalue weighted by Gasteiger charge is -2.31. The first kappa shape index (κ1) is 19.4. The average molecular weight is 422 g/mol. The van der Waals surface area contributed by atoms with Crippen molar-refractivity contribution in [1.82, 2.24) is 14.9 Å². The maximum atomic E-state index is 13.1. The molecule has 8 heteroatoms. The summed E-state index contributed by atoms with van der Waals surface area (Å²) < 4.78 is 39.1. The number of halogens is 2. The summed E-state index contributed by atoms with van der Waals surface area (Å²) in [7, 11) is -3.48. The number of rotatable bonds is 5. The fourth-order valence-electron chi connectivity index (χ4n) is 3.67. The van der Waals surface area contributed by atoms with E-state index >= 15 is 0 Å². The Hall–Kier alpha value is -1.96. The Bertz CT molecular complexity index is 1060. The largest absolute Gasteiger partial charge is 0.329 e. The molecule has 28 heavy (non-hydrogen) atoms. The number of H-pyrrole nitrogens is 1. The molecule has 1 aliphatic heterocycles. The molecule has 148 valence electrons. The van der Waals surface area contributed by atoms with Crippen LogP contribution < -0.4 is 0 Å². The van der Waals surface area contributed by atoms with E-state index in [0.717, 1.165) is 17.6 Å². The lowest BCUT2D eigenvalue weighted by Crippen LogP contribution is -2.40. The quantitative estimate of drug-likeness (QED) is 0.679. The van der Waals surface area contributed by atoms with Crippen LogP contribution in [0.4, 0.5) is 4.39 Å². The van der Waals surface area contributed by atoms with E-state index < -0.39 is 15.1 Å². The third-order valence-corrected chi connectivity index (χ3v) is 7.76. The van der Waals surface area contributed by atoms with Crippen LogP contribution in [-0.4, -0.2) is 48.2 Å². The topological polar surface area (TPSA) is 66.1 Å². The van der Waals surface area contributed by atoms with Crippen molar-refractivity contribution in [3.05, 3.63) is 58.9 Å². The van der Waals surface area contributed by atoms with Crippen LogP contribution in [-0.2, 0) is 16.3 Å². The van der Waals surface area contributed by atoms with E-state index in [1.54, 1.807) is 12.1 Å². The van der Waals surface area contributed by atoms with Crippen molar-refractivity contribution in [2.45, 2.75) is 29.7 Å². The standard InChI is InChI=1S/C20H21ClFN3O2S/c21-17-13-15(22)6-5-14(17)7-10-25-11-8-16(9-12-25)28(26,27)20-23-18-3-1-2-4-19(18)24-20/h1-6,13,16H,7-12H2,(H,23,24). The molecule has 0 atom stereocenters. The van der Waals surface area contributed by atoms with E-state index in [0.29, 0.717) is 42.9 Å². The number of hydrogen-bond donors (Lipinski definition) is 1. The van der Waals surface area contributed by atoms with Crippen molar-refractivity contribution in [1.29, 1.82) is 0 Å². The fraction of sp³-hybridized carbons (Fsp3) is 0.350. The molecular weight excluding hydrogens is 401 g/mol. The van der Waals surface area contributed by atoms with Crippen molar-refractivity contribution in [2.24, 2.45) is 0 Å². The third-order valence-electron chi connectivity index (χ3n) is 5.32. The fourth-order valence-corrected chi connectivity index (χ4v) is 5.55. The van der Waals surface area contributed by atoms with Crippen LogP contribution >= 0.6 is 11.6 Å². The summed E-state index contributed by atoms with van der Waals surface area (Å²) in [6.07, 6.45) is 1.84. The summed E-state index contributed by atoms with van der Waals surface area (Å²) >= 11 is 6.08. The number of sulfone groups is 1. The molecule has 0 amide bonds. The SMILES string of the molecule is O=S(=O)(c1nc2ccccc2[nH]1)C1CCN(CCc2ccc(F)cc2Cl)CC1. The Kier molecular flexibility index (Phi) is 5.40. The van der Waals surface area contributed by atoms with Crippen LogP contribution in [0.1, 0.15) is 18.4 Å². The molecule has 4 rings (SSSR count). The van der Waals surface area contributed by atoms with Gasteiger partial charge in [0.2, 0.25) is 15.0 Å². The molecule has 3 aromatic rings. The lowest BCUT2D eigenvalue weighted by molar-refractivity contribution is 0.232. The molecule has 0 unspecified atom stereocenters. The number of aromatic nitrogens is 2. The van der Waals surface area contributed by atoms with Gasteiger partial charge in [-0.05, 0) is 62.2 Å². The van der Waals surface area contributed by atoms with Crippen LogP contribution in [0.2, 0.25) is 5.02 Å². The highest BCUT2D eigenvalue weighted by molar-refractivity contribution is 7.91. The second kappa shape index (κ2) is 7.81. The van der Waals surface area contributed by atoms with Crippen molar-refractivity contribution in [2.75, 3.05) is 19.6 Å². The number of fused-ring (bicyclic) bond motifs is 1. The minimum Gasteiger partial charge on any atom is -0.329 e. The summed E-state index contributed by atoms with van der Waals surface area (Å²) in [5, 5.41) is 0.0614. The van der Waals surface area contributed by atoms with E-state index in [2.05, 4.69) is 14.9 Å². The number of piperidine rings is 1. The lowest BCUT2D eigenvalue weighted by atomic mass is 10.1. The number of hydrogen-bond acceptors (Lipinski definition) is 4. The molecular formula is C20H21ClFN3O2S. The summed E-state index contributed by atoms with van der Waals surface area (Å²) in [6.45, 7) is 2.16. The van der Waals surface area contributed by atoms with Crippen molar-refractivity contribution >= 4 is 32.5 Å². The van der Waals surface area contributed by atoms with Crippen LogP contribution in [0.25, 0.3) is 11.0 Å². The Balaban J connectivity index is 1.38. The molecule has 0 radical (unpaired) electrons. The van der Waals surface area contributed by atoms with Gasteiger partial charge < -0.3 is 9.88 Å². The number of likely N-dealkylation sites (tertiary alicyclic amines) is 1. The summed E-state index contributed by atoms with van der Waals surface area (Å²) in [6, 6.07) is 11.7. The normalized spacial score (nSPS) is 16.6. The van der Waals surface area contributed by atoms with Crippen LogP contribution in [0, 0.1) is 5.82 Å². The minimum atomic E-state index is -3.48. The average Bonchev–Trinajstić information content (AvgIpc) is 3.13. The molecule has 1 N–H and O–H groups in total. The van der Waals surface area contributed by atoms with Gasteiger partial charge in [0.1, 0.15) is 5.82 Å². The van der Waals surface area contributed by atoms with Gasteiger partial charge in [-0.25, -0.2) is 17.8 Å². The van der Waals surface area contributed by atoms with Gasteiger partial charge in [0, 0.05) is 11.6 Å². The predicted octanol–water partition coefficient (Wildman–Crippen LogP) is 3.84. The van der Waals surface area contributed by atoms with E-state index in [1.165, 1.54) is 12.1 Å². The number of nitrogens with zero attached hydrogens (tertiary/aromatic N) is 2. The molecule has 1 saturated heterocycles. The first-order valence-corrected chi connectivity index (χ1v) is 11.2. The molecule has 0 spiro atoms. The molecule has 1 aliphatic rings. The first-order chi connectivity index (χ1) is 13.4. The Morgan fingerprint density at radius 1 is 1.18 bits per heavy atom. The number of aromatic amines is 1. The molecule has 2 aromatic carbocycles. The van der Waals surface area contributed by atoms with Crippen molar-refractivity contribution in [3.8, 4) is 0 Å². The highest BCUT2D eigenvalue weighted by Gasteiger charge is 2.33. The highest BCUT2D eigenvalue weighted by Crippen LogP contribution is 2.25. The zero-order valence-electron chi connectivity index (χ0n) is 15.2. The van der Waals surface area contributed by atoms with Gasteiger partial charge in [-0.1, -0.05) is 29.8 Å². The molecule has 1 fully saturated rings. The van der Waals surface area contributed by atoms with Gasteiger partial charge in [0.25, 0.3) is 0 Å². The van der Waals surface area contributed by atoms with E-state index in [1.807, 2.05) is 18.2 Å². The number of para-hydroxylation sites is 2. The molecule has 5 nitrogen and oxygen atoms in total. The molecule has 1 aromatic heterocycles. The Labute approximate surface area is 168 Å². The number of imidazole rings is 1. The smallest absolute Gasteiger partial charge is 0.226 e. The monoisotopic (exact) mass is 421 g/mol. The molecule has 0 aliphatic carbocycles. The van der Waals surface area contributed by atoms with E-state index in [9.17, 15) is 12.8 Å². The summed E-state index contributed by atoms with van der Waals surface area (Å²) in [5.74, 6) is -0.342. The maximum absolute atomic E-state index is 13.1. The van der Waals surface area contributed by atoms with Crippen molar-refractivity contribution < 1.29 is 12.8 Å². The van der Waals surface area contributed by atoms with E-state index in [4.69, 9.17) is 11.6 Å². The van der Waals surface area contributed by atoms with Gasteiger partial charge in [-0.2, -0.15) is 0 Å². The predicted molar refractivity (Wildman–Crippen MR) is 108 cm³/mol. The van der Waals surface area contributed by atoms with Crippen LogP contribution in [0.15, 0.2) is 47.6 Å². The Morgan fingerprint density at radius 2 is 1.93 bits per heavy atom. The third kappa shape index (κ3) is 3.92. The summed E-state index contributed by atoms with van der Waals surface area (Å²) in [4.78, 5) is 9.44. The summed E-state index contributed by atoms with van der Waals surface area (Å²) in [5.41, 5.74) is 2.30. The van der Waals surface area contributed by atoms with Gasteiger partial charge in [0.05, 0.1) is 16.3 Å². The number of nitrogens with one attached hydrogen (secondary N) is 1. The number of benzene rings is 2. The second-order valence-electron chi connectivity index (χ2n) is 7.13. The van der Waals surface area contributed by atoms with Gasteiger partial charge in [0.15, 0.2) is 0 Å². The molecule has 0 bridgehead atoms. The van der Waals surface area contributed by atoms with Gasteiger partial charge in [-0.3, -0.25) is 0 Å². The highest BCUT2D eigenvalue weighted by atomic mass is 35.5. The zero-order chi connectivity index (χ0) is 19.7. The first-order valence-electron chi connectivity index (χ1n) is 9.28.